The van der Waals surface area contributed by atoms with E-state index in [1.807, 2.05) is 60.7 Å². The zero-order valence-electron chi connectivity index (χ0n) is 13.2. The molecule has 0 unspecified atom stereocenters. The van der Waals surface area contributed by atoms with Gasteiger partial charge < -0.3 is 19.8 Å². The summed E-state index contributed by atoms with van der Waals surface area (Å²) in [7, 11) is 0. The molecule has 0 aliphatic carbocycles. The van der Waals surface area contributed by atoms with Gasteiger partial charge in [-0.1, -0.05) is 59.9 Å². The predicted molar refractivity (Wildman–Crippen MR) is 92.9 cm³/mol. The second-order valence-corrected chi connectivity index (χ2v) is 6.06. The molecule has 0 atom stereocenters. The number of carboxylic acids is 2. The van der Waals surface area contributed by atoms with Crippen molar-refractivity contribution in [2.24, 2.45) is 0 Å². The van der Waals surface area contributed by atoms with Crippen LogP contribution in [0.2, 0.25) is 0 Å². The van der Waals surface area contributed by atoms with E-state index in [9.17, 15) is 19.8 Å². The topological polar surface area (TPSA) is 80.3 Å². The molecule has 0 N–H and O–H groups in total. The number of thioether (sulfide) groups is 2. The number of aliphatic carboxylic acids is 2. The first-order valence-electron chi connectivity index (χ1n) is 6.76. The van der Waals surface area contributed by atoms with Crippen LogP contribution >= 0.6 is 23.5 Å². The Morgan fingerprint density at radius 1 is 0.680 bits per heavy atom. The minimum absolute atomic E-state index is 0. The Hall–Kier alpha value is -1.82. The fourth-order valence-electron chi connectivity index (χ4n) is 1.33. The van der Waals surface area contributed by atoms with E-state index in [4.69, 9.17) is 0 Å². The number of carboxylic acid groups (broad SMARTS) is 2. The third kappa shape index (κ3) is 13.2. The minimum Gasteiger partial charge on any atom is -0.545 e. The smallest absolute Gasteiger partial charge is 0.545 e. The molecule has 25 heavy (non-hydrogen) atoms. The van der Waals surface area contributed by atoms with E-state index >= 15 is 0 Å². The molecule has 2 rings (SSSR count). The largest absolute Gasteiger partial charge is 2.00 e. The van der Waals surface area contributed by atoms with Crippen molar-refractivity contribution in [3.63, 3.8) is 0 Å². The molecule has 0 saturated heterocycles. The monoisotopic (exact) mass is 422 g/mol. The van der Waals surface area contributed by atoms with Gasteiger partial charge >= 0.3 is 19.5 Å². The first-order chi connectivity index (χ1) is 11.6. The predicted octanol–water partition coefficient (Wildman–Crippen LogP) is 2.08. The summed E-state index contributed by atoms with van der Waals surface area (Å²) in [5, 5.41) is 22.9. The van der Waals surface area contributed by atoms with Crippen LogP contribution in [0.25, 0.3) is 0 Å². The molecule has 0 aromatic heterocycles. The fraction of sp³-hybridized carbons (Fsp3) is 0. The molecule has 0 saturated carbocycles. The molecule has 7 heteroatoms. The summed E-state index contributed by atoms with van der Waals surface area (Å²) in [5.41, 5.74) is 0. The van der Waals surface area contributed by atoms with Gasteiger partial charge in [0.05, 0.1) is 11.9 Å². The van der Waals surface area contributed by atoms with E-state index in [1.165, 1.54) is 34.3 Å². The van der Waals surface area contributed by atoms with Gasteiger partial charge in [-0.2, -0.15) is 0 Å². The molecule has 0 radical (unpaired) electrons. The summed E-state index contributed by atoms with van der Waals surface area (Å²) >= 11 is 2.69. The third-order valence-electron chi connectivity index (χ3n) is 2.30. The Morgan fingerprint density at radius 3 is 1.28 bits per heavy atom. The van der Waals surface area contributed by atoms with E-state index in [1.54, 1.807) is 0 Å². The van der Waals surface area contributed by atoms with Gasteiger partial charge in [0.15, 0.2) is 0 Å². The van der Waals surface area contributed by atoms with Crippen molar-refractivity contribution in [1.29, 1.82) is 0 Å². The van der Waals surface area contributed by atoms with Crippen molar-refractivity contribution in [3.8, 4) is 0 Å². The Bertz CT molecular complexity index is 627. The number of carbonyl (C=O) groups excluding carboxylic acids is 2. The van der Waals surface area contributed by atoms with E-state index in [2.05, 4.69) is 0 Å². The maximum Gasteiger partial charge on any atom is 2.00 e. The molecule has 0 amide bonds. The molecule has 0 bridgehead atoms. The normalized spacial score (nSPS) is 9.92. The average molecular weight is 424 g/mol. The van der Waals surface area contributed by atoms with Gasteiger partial charge in [0.25, 0.3) is 0 Å². The van der Waals surface area contributed by atoms with Crippen LogP contribution in [-0.2, 0) is 29.1 Å². The minimum atomic E-state index is -1.17. The van der Waals surface area contributed by atoms with Crippen LogP contribution in [-0.4, -0.2) is 11.9 Å². The number of carbonyl (C=O) groups is 2. The van der Waals surface area contributed by atoms with E-state index in [0.29, 0.717) is 0 Å². The van der Waals surface area contributed by atoms with Crippen molar-refractivity contribution >= 4 is 35.5 Å². The van der Waals surface area contributed by atoms with Gasteiger partial charge in [-0.3, -0.25) is 0 Å². The number of hydrogen-bond acceptors (Lipinski definition) is 6. The van der Waals surface area contributed by atoms with E-state index in [0.717, 1.165) is 21.9 Å². The summed E-state index contributed by atoms with van der Waals surface area (Å²) in [6.07, 6.45) is 2.02. The van der Waals surface area contributed by atoms with Gasteiger partial charge in [-0.15, -0.1) is 0 Å². The standard InChI is InChI=1S/2C9H8O2S.Zn/c2*10-9(11)6-7-12-8-4-2-1-3-5-8;/h2*1-7H,(H,10,11);/q;;+2/p-2/b2*7-6-;. The van der Waals surface area contributed by atoms with Crippen molar-refractivity contribution in [2.45, 2.75) is 9.79 Å². The maximum absolute atomic E-state index is 9.98. The van der Waals surface area contributed by atoms with Crippen LogP contribution in [0.5, 0.6) is 0 Å². The molecule has 0 aliphatic rings. The summed E-state index contributed by atoms with van der Waals surface area (Å²) in [6.45, 7) is 0. The van der Waals surface area contributed by atoms with Gasteiger partial charge in [0, 0.05) is 9.79 Å². The summed E-state index contributed by atoms with van der Waals surface area (Å²) in [6, 6.07) is 19.0. The van der Waals surface area contributed by atoms with E-state index in [-0.39, 0.29) is 19.5 Å². The zero-order chi connectivity index (χ0) is 17.6. The van der Waals surface area contributed by atoms with Gasteiger partial charge in [0.2, 0.25) is 0 Å². The van der Waals surface area contributed by atoms with Crippen molar-refractivity contribution in [2.75, 3.05) is 0 Å². The van der Waals surface area contributed by atoms with E-state index < -0.39 is 11.9 Å². The Balaban J connectivity index is 0.000000443. The molecule has 4 nitrogen and oxygen atoms in total. The summed E-state index contributed by atoms with van der Waals surface area (Å²) < 4.78 is 0. The molecular formula is C18H14O4S2Zn. The molecule has 0 fully saturated rings. The molecular weight excluding hydrogens is 410 g/mol. The van der Waals surface area contributed by atoms with Gasteiger partial charge in [0.1, 0.15) is 0 Å². The molecule has 0 spiro atoms. The summed E-state index contributed by atoms with van der Waals surface area (Å²) in [4.78, 5) is 22.0. The zero-order valence-corrected chi connectivity index (χ0v) is 17.8. The second-order valence-electron chi connectivity index (χ2n) is 4.11. The number of benzene rings is 2. The molecule has 0 aliphatic heterocycles. The van der Waals surface area contributed by atoms with Gasteiger partial charge in [-0.05, 0) is 47.2 Å². The molecule has 2 aromatic carbocycles. The van der Waals surface area contributed by atoms with Crippen LogP contribution in [0.4, 0.5) is 0 Å². The number of rotatable bonds is 6. The maximum atomic E-state index is 9.98. The third-order valence-corrected chi connectivity index (χ3v) is 3.94. The molecule has 124 valence electrons. The van der Waals surface area contributed by atoms with Crippen molar-refractivity contribution in [1.82, 2.24) is 0 Å². The van der Waals surface area contributed by atoms with Crippen LogP contribution in [0.1, 0.15) is 0 Å². The fourth-order valence-corrected chi connectivity index (χ4v) is 2.64. The van der Waals surface area contributed by atoms with Crippen LogP contribution in [0, 0.1) is 0 Å². The Labute approximate surface area is 167 Å². The Kier molecular flexibility index (Phi) is 13.5. The second kappa shape index (κ2) is 14.5. The quantitative estimate of drug-likeness (QED) is 0.402. The SMILES string of the molecule is O=C([O-])/C=C\Sc1ccccc1.O=C([O-])/C=C\Sc1ccccc1.[Zn+2]. The average Bonchev–Trinajstić information content (AvgIpc) is 2.57. The van der Waals surface area contributed by atoms with Gasteiger partial charge in [-0.25, -0.2) is 0 Å². The molecule has 2 aromatic rings. The summed E-state index contributed by atoms with van der Waals surface area (Å²) in [5.74, 6) is -2.34. The Morgan fingerprint density at radius 2 is 1.00 bits per heavy atom. The van der Waals surface area contributed by atoms with Crippen molar-refractivity contribution in [3.05, 3.63) is 83.6 Å². The first-order valence-corrected chi connectivity index (χ1v) is 8.52. The molecule has 0 heterocycles. The van der Waals surface area contributed by atoms with Crippen LogP contribution in [0.3, 0.4) is 0 Å². The number of hydrogen-bond donors (Lipinski definition) is 0. The first kappa shape index (κ1) is 23.2. The van der Waals surface area contributed by atoms with Crippen LogP contribution < -0.4 is 10.2 Å². The van der Waals surface area contributed by atoms with Crippen LogP contribution in [0.15, 0.2) is 93.4 Å². The van der Waals surface area contributed by atoms with Crippen molar-refractivity contribution < 1.29 is 39.3 Å².